The molecule has 0 spiro atoms. The molecule has 2 aromatic carbocycles. The molecule has 1 atom stereocenters. The first-order valence-corrected chi connectivity index (χ1v) is 7.07. The van der Waals surface area contributed by atoms with E-state index in [-0.39, 0.29) is 6.04 Å². The summed E-state index contributed by atoms with van der Waals surface area (Å²) in [6.45, 7) is 2.04. The third-order valence-electron chi connectivity index (χ3n) is 3.66. The Labute approximate surface area is 129 Å². The molecule has 1 aromatic heterocycles. The molecule has 3 aromatic rings. The third-order valence-corrected chi connectivity index (χ3v) is 3.66. The molecular formula is C17H18N4O. The second kappa shape index (κ2) is 5.99. The van der Waals surface area contributed by atoms with Gasteiger partial charge in [-0.3, -0.25) is 5.10 Å². The van der Waals surface area contributed by atoms with E-state index in [0.29, 0.717) is 11.6 Å². The normalized spacial score (nSPS) is 12.1. The van der Waals surface area contributed by atoms with Crippen molar-refractivity contribution in [1.82, 2.24) is 15.2 Å². The molecule has 0 amide bonds. The van der Waals surface area contributed by atoms with Crippen LogP contribution in [0.1, 0.15) is 23.0 Å². The summed E-state index contributed by atoms with van der Waals surface area (Å²) >= 11 is 0. The van der Waals surface area contributed by atoms with Gasteiger partial charge in [0, 0.05) is 5.56 Å². The quantitative estimate of drug-likeness (QED) is 0.775. The van der Waals surface area contributed by atoms with Crippen LogP contribution >= 0.6 is 0 Å². The number of ether oxygens (including phenoxy) is 1. The Hall–Kier alpha value is -2.66. The number of H-pyrrole nitrogens is 1. The van der Waals surface area contributed by atoms with Crippen molar-refractivity contribution in [3.63, 3.8) is 0 Å². The highest BCUT2D eigenvalue weighted by atomic mass is 16.5. The van der Waals surface area contributed by atoms with Gasteiger partial charge >= 0.3 is 0 Å². The van der Waals surface area contributed by atoms with Crippen LogP contribution in [0.25, 0.3) is 11.4 Å². The second-order valence-corrected chi connectivity index (χ2v) is 5.11. The van der Waals surface area contributed by atoms with Gasteiger partial charge in [0.05, 0.1) is 13.2 Å². The molecule has 112 valence electrons. The van der Waals surface area contributed by atoms with Gasteiger partial charge in [0.2, 0.25) is 0 Å². The van der Waals surface area contributed by atoms with Gasteiger partial charge in [0.15, 0.2) is 5.82 Å². The van der Waals surface area contributed by atoms with Gasteiger partial charge in [-0.05, 0) is 30.2 Å². The smallest absolute Gasteiger partial charge is 0.181 e. The summed E-state index contributed by atoms with van der Waals surface area (Å²) in [6, 6.07) is 15.3. The van der Waals surface area contributed by atoms with Gasteiger partial charge in [-0.1, -0.05) is 36.4 Å². The first-order chi connectivity index (χ1) is 10.7. The zero-order chi connectivity index (χ0) is 15.5. The van der Waals surface area contributed by atoms with Gasteiger partial charge in [-0.2, -0.15) is 5.10 Å². The topological polar surface area (TPSA) is 76.8 Å². The number of methoxy groups -OCH3 is 1. The Morgan fingerprint density at radius 3 is 2.50 bits per heavy atom. The number of aromatic amines is 1. The molecule has 22 heavy (non-hydrogen) atoms. The van der Waals surface area contributed by atoms with Crippen molar-refractivity contribution in [2.45, 2.75) is 13.0 Å². The van der Waals surface area contributed by atoms with Crippen molar-refractivity contribution < 1.29 is 4.74 Å². The highest BCUT2D eigenvalue weighted by Crippen LogP contribution is 2.23. The summed E-state index contributed by atoms with van der Waals surface area (Å²) in [7, 11) is 1.64. The molecule has 0 unspecified atom stereocenters. The Kier molecular flexibility index (Phi) is 3.89. The zero-order valence-electron chi connectivity index (χ0n) is 12.6. The molecule has 1 heterocycles. The third kappa shape index (κ3) is 2.71. The Bertz CT molecular complexity index is 764. The van der Waals surface area contributed by atoms with Crippen molar-refractivity contribution in [3.8, 4) is 17.1 Å². The summed E-state index contributed by atoms with van der Waals surface area (Å²) in [5, 5.41) is 7.23. The van der Waals surface area contributed by atoms with Crippen LogP contribution in [-0.4, -0.2) is 22.3 Å². The molecule has 0 bridgehead atoms. The van der Waals surface area contributed by atoms with E-state index in [4.69, 9.17) is 10.5 Å². The largest absolute Gasteiger partial charge is 0.497 e. The molecule has 3 rings (SSSR count). The van der Waals surface area contributed by atoms with E-state index in [0.717, 1.165) is 22.4 Å². The molecule has 0 radical (unpaired) electrons. The van der Waals surface area contributed by atoms with Crippen LogP contribution in [0, 0.1) is 6.92 Å². The maximum Gasteiger partial charge on any atom is 0.181 e. The lowest BCUT2D eigenvalue weighted by molar-refractivity contribution is 0.414. The van der Waals surface area contributed by atoms with E-state index in [1.807, 2.05) is 55.5 Å². The number of hydrogen-bond acceptors (Lipinski definition) is 4. The highest BCUT2D eigenvalue weighted by Gasteiger charge is 2.15. The lowest BCUT2D eigenvalue weighted by Crippen LogP contribution is -2.13. The highest BCUT2D eigenvalue weighted by molar-refractivity contribution is 5.59. The maximum atomic E-state index is 6.26. The van der Waals surface area contributed by atoms with Crippen LogP contribution in [-0.2, 0) is 0 Å². The van der Waals surface area contributed by atoms with Crippen molar-refractivity contribution in [2.75, 3.05) is 7.11 Å². The molecule has 5 nitrogen and oxygen atoms in total. The van der Waals surface area contributed by atoms with Gasteiger partial charge in [-0.15, -0.1) is 0 Å². The number of nitrogens with two attached hydrogens (primary N) is 1. The molecule has 0 aliphatic rings. The first kappa shape index (κ1) is 14.3. The fourth-order valence-corrected chi connectivity index (χ4v) is 2.33. The number of nitrogens with zero attached hydrogens (tertiary/aromatic N) is 2. The van der Waals surface area contributed by atoms with Crippen molar-refractivity contribution in [1.29, 1.82) is 0 Å². The van der Waals surface area contributed by atoms with Crippen molar-refractivity contribution in [2.24, 2.45) is 5.73 Å². The van der Waals surface area contributed by atoms with Gasteiger partial charge in [0.1, 0.15) is 11.6 Å². The van der Waals surface area contributed by atoms with Crippen LogP contribution in [0.4, 0.5) is 0 Å². The van der Waals surface area contributed by atoms with Gasteiger partial charge < -0.3 is 10.5 Å². The van der Waals surface area contributed by atoms with E-state index < -0.39 is 0 Å². The summed E-state index contributed by atoms with van der Waals surface area (Å²) in [5.74, 6) is 2.11. The Balaban J connectivity index is 1.88. The molecule has 0 aliphatic heterocycles. The van der Waals surface area contributed by atoms with Gasteiger partial charge in [0.25, 0.3) is 0 Å². The monoisotopic (exact) mass is 294 g/mol. The average molecular weight is 294 g/mol. The molecular weight excluding hydrogens is 276 g/mol. The Morgan fingerprint density at radius 1 is 1.09 bits per heavy atom. The molecule has 0 saturated carbocycles. The molecule has 0 saturated heterocycles. The Morgan fingerprint density at radius 2 is 1.82 bits per heavy atom. The fraction of sp³-hybridized carbons (Fsp3) is 0.176. The predicted molar refractivity (Wildman–Crippen MR) is 85.6 cm³/mol. The molecule has 3 N–H and O–H groups in total. The molecule has 0 aliphatic carbocycles. The van der Waals surface area contributed by atoms with E-state index in [1.54, 1.807) is 7.11 Å². The second-order valence-electron chi connectivity index (χ2n) is 5.11. The summed E-state index contributed by atoms with van der Waals surface area (Å²) in [4.78, 5) is 4.54. The minimum atomic E-state index is -0.351. The minimum absolute atomic E-state index is 0.351. The molecule has 5 heteroatoms. The first-order valence-electron chi connectivity index (χ1n) is 7.07. The van der Waals surface area contributed by atoms with E-state index in [2.05, 4.69) is 15.2 Å². The lowest BCUT2D eigenvalue weighted by Gasteiger charge is -2.09. The van der Waals surface area contributed by atoms with E-state index in [1.165, 1.54) is 0 Å². The number of rotatable bonds is 4. The number of aromatic nitrogens is 3. The standard InChI is InChI=1S/C17H18N4O/c1-11-5-3-4-6-14(11)16-19-17(21-20-16)15(18)12-7-9-13(22-2)10-8-12/h3-10,15H,18H2,1-2H3,(H,19,20,21)/t15-/m1/s1. The van der Waals surface area contributed by atoms with Crippen LogP contribution in [0.3, 0.4) is 0 Å². The predicted octanol–water partition coefficient (Wildman–Crippen LogP) is 2.84. The van der Waals surface area contributed by atoms with E-state index >= 15 is 0 Å². The number of benzene rings is 2. The average Bonchev–Trinajstić information content (AvgIpc) is 3.04. The van der Waals surface area contributed by atoms with Crippen molar-refractivity contribution in [3.05, 3.63) is 65.5 Å². The van der Waals surface area contributed by atoms with Crippen LogP contribution in [0.5, 0.6) is 5.75 Å². The summed E-state index contributed by atoms with van der Waals surface area (Å²) in [6.07, 6.45) is 0. The number of nitrogens with one attached hydrogen (secondary N) is 1. The van der Waals surface area contributed by atoms with Crippen LogP contribution in [0.2, 0.25) is 0 Å². The van der Waals surface area contributed by atoms with Crippen molar-refractivity contribution >= 4 is 0 Å². The minimum Gasteiger partial charge on any atom is -0.497 e. The number of aryl methyl sites for hydroxylation is 1. The fourth-order valence-electron chi connectivity index (χ4n) is 2.33. The summed E-state index contributed by atoms with van der Waals surface area (Å²) in [5.41, 5.74) is 9.35. The van der Waals surface area contributed by atoms with Gasteiger partial charge in [-0.25, -0.2) is 4.98 Å². The summed E-state index contributed by atoms with van der Waals surface area (Å²) < 4.78 is 5.15. The van der Waals surface area contributed by atoms with Crippen LogP contribution in [0.15, 0.2) is 48.5 Å². The van der Waals surface area contributed by atoms with E-state index in [9.17, 15) is 0 Å². The zero-order valence-corrected chi connectivity index (χ0v) is 12.6. The lowest BCUT2D eigenvalue weighted by atomic mass is 10.1. The van der Waals surface area contributed by atoms with Crippen LogP contribution < -0.4 is 10.5 Å². The number of hydrogen-bond donors (Lipinski definition) is 2. The SMILES string of the molecule is COc1ccc([C@@H](N)c2nc(-c3ccccc3C)n[nH]2)cc1. The molecule has 0 fully saturated rings. The maximum absolute atomic E-state index is 6.26.